The maximum atomic E-state index is 11.8. The Kier molecular flexibility index (Phi) is 7.64. The second kappa shape index (κ2) is 9.30. The summed E-state index contributed by atoms with van der Waals surface area (Å²) in [6.45, 7) is 1.78. The summed E-state index contributed by atoms with van der Waals surface area (Å²) in [5, 5.41) is 20.5. The third-order valence-corrected chi connectivity index (χ3v) is 2.95. The first-order valence-corrected chi connectivity index (χ1v) is 6.75. The molecule has 0 aliphatic carbocycles. The van der Waals surface area contributed by atoms with Gasteiger partial charge < -0.3 is 21.3 Å². The second-order valence-electron chi connectivity index (χ2n) is 4.53. The monoisotopic (exact) mass is 281 g/mol. The van der Waals surface area contributed by atoms with Gasteiger partial charge in [0.1, 0.15) is 0 Å². The van der Waals surface area contributed by atoms with E-state index in [2.05, 4.69) is 5.32 Å². The van der Waals surface area contributed by atoms with Crippen LogP contribution in [0, 0.1) is 0 Å². The molecule has 0 unspecified atom stereocenters. The maximum absolute atomic E-state index is 11.8. The molecule has 0 spiro atoms. The number of carbonyl (C=O) groups excluding carboxylic acids is 1. The Morgan fingerprint density at radius 2 is 1.80 bits per heavy atom. The predicted molar refractivity (Wildman–Crippen MR) is 79.3 cm³/mol. The van der Waals surface area contributed by atoms with Gasteiger partial charge in [0.15, 0.2) is 0 Å². The molecular weight excluding hydrogens is 258 g/mol. The summed E-state index contributed by atoms with van der Waals surface area (Å²) in [6.07, 6.45) is 1.04. The van der Waals surface area contributed by atoms with Crippen LogP contribution in [-0.2, 0) is 4.79 Å². The van der Waals surface area contributed by atoms with Crippen molar-refractivity contribution in [1.29, 1.82) is 0 Å². The number of nitrogens with one attached hydrogen (secondary N) is 1. The summed E-state index contributed by atoms with van der Waals surface area (Å²) in [6, 6.07) is 7.12. The highest BCUT2D eigenvalue weighted by Crippen LogP contribution is 2.16. The highest BCUT2D eigenvalue weighted by atomic mass is 16.3. The average molecular weight is 281 g/mol. The van der Waals surface area contributed by atoms with Gasteiger partial charge in [-0.1, -0.05) is 12.1 Å². The molecule has 1 rings (SSSR count). The van der Waals surface area contributed by atoms with E-state index in [-0.39, 0.29) is 19.1 Å². The number of amides is 1. The molecule has 0 aliphatic rings. The molecular formula is C14H23N3O3. The fourth-order valence-electron chi connectivity index (χ4n) is 1.91. The van der Waals surface area contributed by atoms with Gasteiger partial charge in [0.2, 0.25) is 5.91 Å². The molecule has 1 aromatic rings. The lowest BCUT2D eigenvalue weighted by Gasteiger charge is -2.19. The Bertz CT molecular complexity index is 406. The van der Waals surface area contributed by atoms with Gasteiger partial charge in [0.25, 0.3) is 0 Å². The number of rotatable bonds is 9. The predicted octanol–water partition coefficient (Wildman–Crippen LogP) is 0.274. The molecule has 1 aromatic carbocycles. The number of aliphatic hydroxyl groups is 2. The summed E-state index contributed by atoms with van der Waals surface area (Å²) >= 11 is 0. The lowest BCUT2D eigenvalue weighted by molar-refractivity contribution is -0.116. The van der Waals surface area contributed by atoms with Gasteiger partial charge >= 0.3 is 0 Å². The van der Waals surface area contributed by atoms with E-state index in [0.717, 1.165) is 0 Å². The van der Waals surface area contributed by atoms with Gasteiger partial charge in [0, 0.05) is 19.5 Å². The van der Waals surface area contributed by atoms with Crippen molar-refractivity contribution in [2.24, 2.45) is 0 Å². The van der Waals surface area contributed by atoms with E-state index in [4.69, 9.17) is 15.9 Å². The molecule has 0 saturated heterocycles. The van der Waals surface area contributed by atoms with Crippen LogP contribution in [0.3, 0.4) is 0 Å². The first-order chi connectivity index (χ1) is 9.67. The zero-order valence-electron chi connectivity index (χ0n) is 11.6. The van der Waals surface area contributed by atoms with Crippen LogP contribution in [0.1, 0.15) is 12.8 Å². The minimum absolute atomic E-state index is 0.0484. The van der Waals surface area contributed by atoms with Crippen molar-refractivity contribution < 1.29 is 15.0 Å². The third kappa shape index (κ3) is 6.01. The van der Waals surface area contributed by atoms with Crippen LogP contribution < -0.4 is 11.1 Å². The van der Waals surface area contributed by atoms with Crippen LogP contribution in [0.25, 0.3) is 0 Å². The SMILES string of the molecule is Nc1ccccc1NC(=O)CCCN(CCO)CCO. The van der Waals surface area contributed by atoms with Crippen LogP contribution in [0.15, 0.2) is 24.3 Å². The fourth-order valence-corrected chi connectivity index (χ4v) is 1.91. The molecule has 0 aromatic heterocycles. The van der Waals surface area contributed by atoms with Crippen molar-refractivity contribution >= 4 is 17.3 Å². The highest BCUT2D eigenvalue weighted by molar-refractivity contribution is 5.93. The Morgan fingerprint density at radius 1 is 1.15 bits per heavy atom. The number of aliphatic hydroxyl groups excluding tert-OH is 2. The molecule has 5 N–H and O–H groups in total. The number of nitrogens with two attached hydrogens (primary N) is 1. The highest BCUT2D eigenvalue weighted by Gasteiger charge is 2.07. The molecule has 1 amide bonds. The van der Waals surface area contributed by atoms with E-state index in [1.807, 2.05) is 17.0 Å². The first kappa shape index (κ1) is 16.4. The number of benzene rings is 1. The van der Waals surface area contributed by atoms with Gasteiger partial charge in [-0.15, -0.1) is 0 Å². The van der Waals surface area contributed by atoms with E-state index >= 15 is 0 Å². The Hall–Kier alpha value is -1.63. The Balaban J connectivity index is 2.31. The molecule has 0 radical (unpaired) electrons. The van der Waals surface area contributed by atoms with Crippen molar-refractivity contribution in [2.45, 2.75) is 12.8 Å². The van der Waals surface area contributed by atoms with Crippen LogP contribution in [-0.4, -0.2) is 53.9 Å². The minimum Gasteiger partial charge on any atom is -0.397 e. The molecule has 20 heavy (non-hydrogen) atoms. The van der Waals surface area contributed by atoms with E-state index in [1.165, 1.54) is 0 Å². The normalized spacial score (nSPS) is 10.8. The van der Waals surface area contributed by atoms with E-state index in [0.29, 0.717) is 43.9 Å². The molecule has 6 heteroatoms. The molecule has 0 fully saturated rings. The van der Waals surface area contributed by atoms with E-state index in [1.54, 1.807) is 12.1 Å². The van der Waals surface area contributed by atoms with Gasteiger partial charge in [-0.05, 0) is 25.1 Å². The summed E-state index contributed by atoms with van der Waals surface area (Å²) in [4.78, 5) is 13.7. The molecule has 0 bridgehead atoms. The number of hydrogen-bond acceptors (Lipinski definition) is 5. The lowest BCUT2D eigenvalue weighted by Crippen LogP contribution is -2.31. The molecule has 0 heterocycles. The van der Waals surface area contributed by atoms with E-state index < -0.39 is 0 Å². The van der Waals surface area contributed by atoms with Crippen LogP contribution in [0.5, 0.6) is 0 Å². The third-order valence-electron chi connectivity index (χ3n) is 2.95. The van der Waals surface area contributed by atoms with Crippen molar-refractivity contribution in [3.63, 3.8) is 0 Å². The zero-order chi connectivity index (χ0) is 14.8. The quantitative estimate of drug-likeness (QED) is 0.487. The summed E-state index contributed by atoms with van der Waals surface area (Å²) < 4.78 is 0. The number of anilines is 2. The molecule has 0 atom stereocenters. The van der Waals surface area contributed by atoms with Crippen molar-refractivity contribution in [1.82, 2.24) is 4.90 Å². The molecule has 6 nitrogen and oxygen atoms in total. The van der Waals surface area contributed by atoms with Crippen molar-refractivity contribution in [3.05, 3.63) is 24.3 Å². The minimum atomic E-state index is -0.0872. The second-order valence-corrected chi connectivity index (χ2v) is 4.53. The molecule has 0 aliphatic heterocycles. The van der Waals surface area contributed by atoms with Gasteiger partial charge in [0.05, 0.1) is 24.6 Å². The topological polar surface area (TPSA) is 98.8 Å². The summed E-state index contributed by atoms with van der Waals surface area (Å²) in [5.41, 5.74) is 6.92. The van der Waals surface area contributed by atoms with Crippen LogP contribution >= 0.6 is 0 Å². The largest absolute Gasteiger partial charge is 0.397 e. The lowest BCUT2D eigenvalue weighted by atomic mass is 10.2. The summed E-state index contributed by atoms with van der Waals surface area (Å²) in [7, 11) is 0. The first-order valence-electron chi connectivity index (χ1n) is 6.75. The molecule has 0 saturated carbocycles. The fraction of sp³-hybridized carbons (Fsp3) is 0.500. The molecule has 112 valence electrons. The zero-order valence-corrected chi connectivity index (χ0v) is 11.6. The number of para-hydroxylation sites is 2. The Labute approximate surface area is 119 Å². The maximum Gasteiger partial charge on any atom is 0.224 e. The van der Waals surface area contributed by atoms with E-state index in [9.17, 15) is 4.79 Å². The average Bonchev–Trinajstić information content (AvgIpc) is 2.42. The van der Waals surface area contributed by atoms with Crippen molar-refractivity contribution in [3.8, 4) is 0 Å². The smallest absolute Gasteiger partial charge is 0.224 e. The van der Waals surface area contributed by atoms with Gasteiger partial charge in [-0.25, -0.2) is 0 Å². The number of nitrogens with zero attached hydrogens (tertiary/aromatic N) is 1. The van der Waals surface area contributed by atoms with Crippen LogP contribution in [0.4, 0.5) is 11.4 Å². The number of nitrogen functional groups attached to an aromatic ring is 1. The van der Waals surface area contributed by atoms with Crippen molar-refractivity contribution in [2.75, 3.05) is 43.9 Å². The standard InChI is InChI=1S/C14H23N3O3/c15-12-4-1-2-5-13(12)16-14(20)6-3-7-17(8-10-18)9-11-19/h1-2,4-5,18-19H,3,6-11,15H2,(H,16,20). The Morgan fingerprint density at radius 3 is 2.40 bits per heavy atom. The number of hydrogen-bond donors (Lipinski definition) is 4. The summed E-state index contributed by atoms with van der Waals surface area (Å²) in [5.74, 6) is -0.0872. The van der Waals surface area contributed by atoms with Gasteiger partial charge in [-0.2, -0.15) is 0 Å². The van der Waals surface area contributed by atoms with Gasteiger partial charge in [-0.3, -0.25) is 9.69 Å². The van der Waals surface area contributed by atoms with Crippen LogP contribution in [0.2, 0.25) is 0 Å². The number of carbonyl (C=O) groups is 1.